The molecule has 5 nitrogen and oxygen atoms in total. The minimum absolute atomic E-state index is 0.0117. The second-order valence-corrected chi connectivity index (χ2v) is 6.56. The summed E-state index contributed by atoms with van der Waals surface area (Å²) in [5, 5.41) is 5.08. The molecule has 7 heteroatoms. The van der Waals surface area contributed by atoms with Crippen molar-refractivity contribution in [1.82, 2.24) is 4.90 Å². The topological polar surface area (TPSA) is 80.5 Å². The van der Waals surface area contributed by atoms with Gasteiger partial charge in [0, 0.05) is 19.2 Å². The van der Waals surface area contributed by atoms with Crippen LogP contribution in [0.3, 0.4) is 0 Å². The first-order valence-corrected chi connectivity index (χ1v) is 8.27. The van der Waals surface area contributed by atoms with Gasteiger partial charge in [0.25, 0.3) is 5.91 Å². The molecule has 0 bridgehead atoms. The molecule has 1 aromatic rings. The van der Waals surface area contributed by atoms with E-state index in [1.54, 1.807) is 11.9 Å². The summed E-state index contributed by atoms with van der Waals surface area (Å²) in [6.45, 7) is 2.71. The van der Waals surface area contributed by atoms with Crippen molar-refractivity contribution in [3.05, 3.63) is 28.8 Å². The van der Waals surface area contributed by atoms with Gasteiger partial charge in [0.2, 0.25) is 10.0 Å². The molecule has 0 spiro atoms. The highest BCUT2D eigenvalue weighted by Gasteiger charge is 2.18. The second kappa shape index (κ2) is 7.06. The fourth-order valence-corrected chi connectivity index (χ4v) is 2.85. The first kappa shape index (κ1) is 16.9. The van der Waals surface area contributed by atoms with E-state index in [1.165, 1.54) is 18.2 Å². The molecule has 112 valence electrons. The van der Waals surface area contributed by atoms with Crippen molar-refractivity contribution in [1.29, 1.82) is 0 Å². The third kappa shape index (κ3) is 4.47. The summed E-state index contributed by atoms with van der Waals surface area (Å²) >= 11 is 5.78. The van der Waals surface area contributed by atoms with Crippen LogP contribution in [0, 0.1) is 0 Å². The quantitative estimate of drug-likeness (QED) is 0.817. The van der Waals surface area contributed by atoms with E-state index in [-0.39, 0.29) is 21.4 Å². The van der Waals surface area contributed by atoms with Crippen LogP contribution in [0.2, 0.25) is 5.02 Å². The van der Waals surface area contributed by atoms with Gasteiger partial charge >= 0.3 is 0 Å². The summed E-state index contributed by atoms with van der Waals surface area (Å²) in [6.07, 6.45) is 3.02. The predicted octanol–water partition coefficient (Wildman–Crippen LogP) is 2.25. The molecule has 2 N–H and O–H groups in total. The maximum Gasteiger partial charge on any atom is 0.253 e. The minimum Gasteiger partial charge on any atom is -0.342 e. The molecule has 0 fully saturated rings. The van der Waals surface area contributed by atoms with Gasteiger partial charge in [-0.1, -0.05) is 31.4 Å². The Bertz CT molecular complexity index is 587. The lowest BCUT2D eigenvalue weighted by Gasteiger charge is -2.17. The number of carbonyl (C=O) groups is 1. The SMILES string of the molecule is CCCCCN(C)C(=O)c1ccc(Cl)c(S(N)(=O)=O)c1. The van der Waals surface area contributed by atoms with Crippen LogP contribution in [0.4, 0.5) is 0 Å². The lowest BCUT2D eigenvalue weighted by atomic mass is 10.2. The average Bonchev–Trinajstić information content (AvgIpc) is 2.37. The van der Waals surface area contributed by atoms with Gasteiger partial charge in [-0.2, -0.15) is 0 Å². The van der Waals surface area contributed by atoms with Gasteiger partial charge in [0.05, 0.1) is 5.02 Å². The van der Waals surface area contributed by atoms with E-state index in [4.69, 9.17) is 16.7 Å². The summed E-state index contributed by atoms with van der Waals surface area (Å²) in [7, 11) is -2.26. The fraction of sp³-hybridized carbons (Fsp3) is 0.462. The van der Waals surface area contributed by atoms with E-state index in [9.17, 15) is 13.2 Å². The zero-order chi connectivity index (χ0) is 15.3. The average molecular weight is 319 g/mol. The van der Waals surface area contributed by atoms with E-state index in [2.05, 4.69) is 6.92 Å². The number of hydrogen-bond donors (Lipinski definition) is 1. The summed E-state index contributed by atoms with van der Waals surface area (Å²) < 4.78 is 22.8. The van der Waals surface area contributed by atoms with Crippen LogP contribution in [-0.4, -0.2) is 32.8 Å². The molecule has 0 atom stereocenters. The molecule has 0 heterocycles. The molecule has 1 aromatic carbocycles. The van der Waals surface area contributed by atoms with Crippen molar-refractivity contribution in [3.8, 4) is 0 Å². The van der Waals surface area contributed by atoms with Crippen molar-refractivity contribution < 1.29 is 13.2 Å². The van der Waals surface area contributed by atoms with Crippen LogP contribution in [0.1, 0.15) is 36.5 Å². The highest BCUT2D eigenvalue weighted by Crippen LogP contribution is 2.22. The third-order valence-electron chi connectivity index (χ3n) is 2.93. The van der Waals surface area contributed by atoms with E-state index in [0.717, 1.165) is 19.3 Å². The fourth-order valence-electron chi connectivity index (χ4n) is 1.78. The van der Waals surface area contributed by atoms with Gasteiger partial charge in [-0.25, -0.2) is 13.6 Å². The summed E-state index contributed by atoms with van der Waals surface area (Å²) in [5.74, 6) is -0.248. The molecule has 20 heavy (non-hydrogen) atoms. The summed E-state index contributed by atoms with van der Waals surface area (Å²) in [4.78, 5) is 13.5. The lowest BCUT2D eigenvalue weighted by Crippen LogP contribution is -2.28. The summed E-state index contributed by atoms with van der Waals surface area (Å²) in [5.41, 5.74) is 0.262. The number of primary sulfonamides is 1. The molecule has 0 saturated carbocycles. The number of amides is 1. The first-order chi connectivity index (χ1) is 9.27. The highest BCUT2D eigenvalue weighted by atomic mass is 35.5. The number of rotatable bonds is 6. The van der Waals surface area contributed by atoms with Crippen molar-refractivity contribution in [2.45, 2.75) is 31.1 Å². The predicted molar refractivity (Wildman–Crippen MR) is 79.3 cm³/mol. The number of carbonyl (C=O) groups excluding carboxylic acids is 1. The van der Waals surface area contributed by atoms with Crippen molar-refractivity contribution in [2.24, 2.45) is 5.14 Å². The highest BCUT2D eigenvalue weighted by molar-refractivity contribution is 7.89. The molecule has 0 aromatic heterocycles. The molecule has 1 amide bonds. The Morgan fingerprint density at radius 1 is 1.35 bits per heavy atom. The largest absolute Gasteiger partial charge is 0.342 e. The number of unbranched alkanes of at least 4 members (excludes halogenated alkanes) is 2. The molecular weight excluding hydrogens is 300 g/mol. The monoisotopic (exact) mass is 318 g/mol. The van der Waals surface area contributed by atoms with Crippen LogP contribution < -0.4 is 5.14 Å². The van der Waals surface area contributed by atoms with Crippen LogP contribution >= 0.6 is 11.6 Å². The number of hydrogen-bond acceptors (Lipinski definition) is 3. The van der Waals surface area contributed by atoms with Crippen LogP contribution in [0.25, 0.3) is 0 Å². The van der Waals surface area contributed by atoms with Gasteiger partial charge < -0.3 is 4.90 Å². The van der Waals surface area contributed by atoms with Gasteiger partial charge in [0.1, 0.15) is 4.90 Å². The smallest absolute Gasteiger partial charge is 0.253 e. The molecule has 1 rings (SSSR count). The van der Waals surface area contributed by atoms with Crippen molar-refractivity contribution >= 4 is 27.5 Å². The number of nitrogens with two attached hydrogens (primary N) is 1. The van der Waals surface area contributed by atoms with Crippen LogP contribution in [0.5, 0.6) is 0 Å². The van der Waals surface area contributed by atoms with E-state index < -0.39 is 10.0 Å². The standard InChI is InChI=1S/C13H19ClN2O3S/c1-3-4-5-8-16(2)13(17)10-6-7-11(14)12(9-10)20(15,18)19/h6-7,9H,3-5,8H2,1-2H3,(H2,15,18,19). The molecular formula is C13H19ClN2O3S. The van der Waals surface area contributed by atoms with Gasteiger partial charge in [-0.3, -0.25) is 4.79 Å². The number of sulfonamides is 1. The number of nitrogens with zero attached hydrogens (tertiary/aromatic N) is 1. The Hall–Kier alpha value is -1.11. The molecule has 0 aliphatic rings. The molecule has 0 unspecified atom stereocenters. The minimum atomic E-state index is -3.94. The Kier molecular flexibility index (Phi) is 5.98. The summed E-state index contributed by atoms with van der Waals surface area (Å²) in [6, 6.07) is 4.08. The first-order valence-electron chi connectivity index (χ1n) is 6.35. The Morgan fingerprint density at radius 3 is 2.55 bits per heavy atom. The number of halogens is 1. The molecule has 0 radical (unpaired) electrons. The Labute approximate surface area is 124 Å². The van der Waals surface area contributed by atoms with E-state index >= 15 is 0 Å². The normalized spacial score (nSPS) is 11.4. The Balaban J connectivity index is 2.94. The van der Waals surface area contributed by atoms with E-state index in [0.29, 0.717) is 6.54 Å². The maximum atomic E-state index is 12.2. The number of benzene rings is 1. The third-order valence-corrected chi connectivity index (χ3v) is 4.32. The van der Waals surface area contributed by atoms with Crippen LogP contribution in [-0.2, 0) is 10.0 Å². The van der Waals surface area contributed by atoms with Gasteiger partial charge in [-0.05, 0) is 24.6 Å². The molecule has 0 aliphatic heterocycles. The maximum absolute atomic E-state index is 12.2. The Morgan fingerprint density at radius 2 is 2.00 bits per heavy atom. The molecule has 0 saturated heterocycles. The van der Waals surface area contributed by atoms with Crippen molar-refractivity contribution in [3.63, 3.8) is 0 Å². The molecule has 0 aliphatic carbocycles. The van der Waals surface area contributed by atoms with Crippen LogP contribution in [0.15, 0.2) is 23.1 Å². The van der Waals surface area contributed by atoms with E-state index in [1.807, 2.05) is 0 Å². The zero-order valence-corrected chi connectivity index (χ0v) is 13.2. The van der Waals surface area contributed by atoms with Gasteiger partial charge in [0.15, 0.2) is 0 Å². The lowest BCUT2D eigenvalue weighted by molar-refractivity contribution is 0.0792. The second-order valence-electron chi connectivity index (χ2n) is 4.62. The van der Waals surface area contributed by atoms with Crippen molar-refractivity contribution in [2.75, 3.05) is 13.6 Å². The van der Waals surface area contributed by atoms with Gasteiger partial charge in [-0.15, -0.1) is 0 Å². The zero-order valence-electron chi connectivity index (χ0n) is 11.6.